The summed E-state index contributed by atoms with van der Waals surface area (Å²) in [4.78, 5) is 24.4. The molecule has 0 bridgehead atoms. The van der Waals surface area contributed by atoms with Crippen molar-refractivity contribution in [3.8, 4) is 17.0 Å². The number of amides is 1. The molecule has 1 saturated heterocycles. The molecule has 5 aromatic rings. The predicted molar refractivity (Wildman–Crippen MR) is 143 cm³/mol. The van der Waals surface area contributed by atoms with E-state index < -0.39 is 17.6 Å². The first kappa shape index (κ1) is 25.6. The van der Waals surface area contributed by atoms with Crippen LogP contribution in [0, 0.1) is 0 Å². The number of H-pyrrole nitrogens is 1. The SMILES string of the molecule is COc1cc(-c2nn(C3CC[NH2+]CC3)c3ncnc(N)c23)ccc1NC(=O)c1cc2ccc(C(F)(F)F)cc2[nH]1. The van der Waals surface area contributed by atoms with Gasteiger partial charge in [0.05, 0.1) is 42.9 Å². The molecule has 206 valence electrons. The first-order valence-electron chi connectivity index (χ1n) is 12.7. The molecule has 6 rings (SSSR count). The molecule has 6 N–H and O–H groups in total. The second kappa shape index (κ2) is 9.83. The van der Waals surface area contributed by atoms with E-state index in [4.69, 9.17) is 15.6 Å². The van der Waals surface area contributed by atoms with E-state index in [1.54, 1.807) is 18.2 Å². The molecule has 40 heavy (non-hydrogen) atoms. The zero-order valence-corrected chi connectivity index (χ0v) is 21.4. The molecule has 1 fully saturated rings. The van der Waals surface area contributed by atoms with Crippen LogP contribution in [0.2, 0.25) is 0 Å². The Balaban J connectivity index is 1.32. The number of hydrogen-bond acceptors (Lipinski definition) is 6. The maximum Gasteiger partial charge on any atom is 0.416 e. The lowest BCUT2D eigenvalue weighted by Crippen LogP contribution is -2.86. The van der Waals surface area contributed by atoms with Crippen molar-refractivity contribution in [2.45, 2.75) is 25.1 Å². The summed E-state index contributed by atoms with van der Waals surface area (Å²) in [6.07, 6.45) is -1.13. The number of nitrogens with zero attached hydrogens (tertiary/aromatic N) is 4. The minimum absolute atomic E-state index is 0.111. The number of hydrogen-bond donors (Lipinski definition) is 4. The van der Waals surface area contributed by atoms with Gasteiger partial charge in [-0.15, -0.1) is 0 Å². The Morgan fingerprint density at radius 3 is 2.70 bits per heavy atom. The predicted octanol–water partition coefficient (Wildman–Crippen LogP) is 3.73. The fourth-order valence-electron chi connectivity index (χ4n) is 5.16. The lowest BCUT2D eigenvalue weighted by atomic mass is 10.1. The molecule has 2 aromatic carbocycles. The summed E-state index contributed by atoms with van der Waals surface area (Å²) in [6, 6.07) is 10.2. The molecule has 1 amide bonds. The number of alkyl halides is 3. The Hall–Kier alpha value is -4.65. The normalized spacial score (nSPS) is 14.6. The summed E-state index contributed by atoms with van der Waals surface area (Å²) in [6.45, 7) is 2.01. The zero-order valence-electron chi connectivity index (χ0n) is 21.4. The first-order chi connectivity index (χ1) is 19.2. The van der Waals surface area contributed by atoms with Gasteiger partial charge in [0.15, 0.2) is 5.65 Å². The zero-order chi connectivity index (χ0) is 28.0. The van der Waals surface area contributed by atoms with Crippen molar-refractivity contribution in [2.75, 3.05) is 31.2 Å². The third-order valence-electron chi connectivity index (χ3n) is 7.19. The van der Waals surface area contributed by atoms with E-state index in [2.05, 4.69) is 25.6 Å². The third-order valence-corrected chi connectivity index (χ3v) is 7.19. The van der Waals surface area contributed by atoms with Gasteiger partial charge in [-0.25, -0.2) is 14.6 Å². The van der Waals surface area contributed by atoms with Gasteiger partial charge >= 0.3 is 6.18 Å². The van der Waals surface area contributed by atoms with E-state index in [1.165, 1.54) is 25.6 Å². The van der Waals surface area contributed by atoms with Gasteiger partial charge in [-0.1, -0.05) is 12.1 Å². The third kappa shape index (κ3) is 4.57. The van der Waals surface area contributed by atoms with Gasteiger partial charge in [-0.05, 0) is 30.3 Å². The van der Waals surface area contributed by atoms with Crippen molar-refractivity contribution in [3.05, 3.63) is 60.0 Å². The van der Waals surface area contributed by atoms with E-state index >= 15 is 0 Å². The standard InChI is InChI=1S/C27H25F3N8O2/c1-40-21-11-15(23-22-24(31)33-13-34-25(22)38(37-23)17-6-8-32-9-7-17)3-5-18(21)36-26(39)20-10-14-2-4-16(27(28,29)30)12-19(14)35-20/h2-5,10-13,17,32,35H,6-9H2,1H3,(H,36,39)(H2,31,33,34)/p+1. The van der Waals surface area contributed by atoms with E-state index in [0.29, 0.717) is 44.9 Å². The number of aromatic amines is 1. The number of carbonyl (C=O) groups excluding carboxylic acids is 1. The summed E-state index contributed by atoms with van der Waals surface area (Å²) >= 11 is 0. The monoisotopic (exact) mass is 551 g/mol. The second-order valence-electron chi connectivity index (χ2n) is 9.70. The summed E-state index contributed by atoms with van der Waals surface area (Å²) < 4.78 is 46.8. The number of fused-ring (bicyclic) bond motifs is 2. The van der Waals surface area contributed by atoms with Gasteiger partial charge in [0.25, 0.3) is 5.91 Å². The van der Waals surface area contributed by atoms with Crippen LogP contribution in [0.15, 0.2) is 48.8 Å². The van der Waals surface area contributed by atoms with Crippen molar-refractivity contribution in [1.82, 2.24) is 24.7 Å². The van der Waals surface area contributed by atoms with Crippen molar-refractivity contribution >= 4 is 39.3 Å². The van der Waals surface area contributed by atoms with Crippen LogP contribution in [0.1, 0.15) is 34.9 Å². The average Bonchev–Trinajstić information content (AvgIpc) is 3.56. The lowest BCUT2D eigenvalue weighted by molar-refractivity contribution is -0.664. The van der Waals surface area contributed by atoms with E-state index in [-0.39, 0.29) is 17.3 Å². The van der Waals surface area contributed by atoms with E-state index in [9.17, 15) is 18.0 Å². The number of carbonyl (C=O) groups is 1. The number of anilines is 2. The number of ether oxygens (including phenoxy) is 1. The number of quaternary nitrogens is 1. The molecular formula is C27H26F3N8O2+. The van der Waals surface area contributed by atoms with Crippen molar-refractivity contribution in [2.24, 2.45) is 0 Å². The van der Waals surface area contributed by atoms with Crippen LogP contribution < -0.4 is 21.1 Å². The number of benzene rings is 2. The smallest absolute Gasteiger partial charge is 0.416 e. The number of halogens is 3. The number of nitrogens with two attached hydrogens (primary N) is 2. The summed E-state index contributed by atoms with van der Waals surface area (Å²) in [5.41, 5.74) is 8.14. The highest BCUT2D eigenvalue weighted by molar-refractivity contribution is 6.07. The van der Waals surface area contributed by atoms with Gasteiger partial charge in [-0.3, -0.25) is 4.79 Å². The number of rotatable bonds is 5. The molecule has 0 aliphatic carbocycles. The Kier molecular flexibility index (Phi) is 6.29. The second-order valence-corrected chi connectivity index (χ2v) is 9.70. The Morgan fingerprint density at radius 1 is 1.15 bits per heavy atom. The molecule has 0 atom stereocenters. The number of aromatic nitrogens is 5. The number of methoxy groups -OCH3 is 1. The molecule has 4 heterocycles. The first-order valence-corrected chi connectivity index (χ1v) is 12.7. The molecule has 1 aliphatic heterocycles. The van der Waals surface area contributed by atoms with E-state index in [0.717, 1.165) is 38.1 Å². The van der Waals surface area contributed by atoms with Crippen LogP contribution in [0.3, 0.4) is 0 Å². The average molecular weight is 552 g/mol. The molecule has 1 aliphatic rings. The van der Waals surface area contributed by atoms with Crippen molar-refractivity contribution in [1.29, 1.82) is 0 Å². The van der Waals surface area contributed by atoms with Gasteiger partial charge in [-0.2, -0.15) is 18.3 Å². The Bertz CT molecular complexity index is 1740. The van der Waals surface area contributed by atoms with E-state index in [1.807, 2.05) is 4.68 Å². The molecule has 0 unspecified atom stereocenters. The number of piperidine rings is 1. The largest absolute Gasteiger partial charge is 0.495 e. The quantitative estimate of drug-likeness (QED) is 0.262. The maximum atomic E-state index is 13.1. The van der Waals surface area contributed by atoms with Crippen LogP contribution in [-0.2, 0) is 6.18 Å². The molecule has 0 spiro atoms. The van der Waals surface area contributed by atoms with Crippen molar-refractivity contribution in [3.63, 3.8) is 0 Å². The summed E-state index contributed by atoms with van der Waals surface area (Å²) in [7, 11) is 1.48. The minimum atomic E-state index is -4.48. The number of nitrogens with one attached hydrogen (secondary N) is 2. The molecule has 13 heteroatoms. The van der Waals surface area contributed by atoms with Gasteiger partial charge in [0, 0.05) is 29.3 Å². The molecular weight excluding hydrogens is 525 g/mol. The minimum Gasteiger partial charge on any atom is -0.495 e. The van der Waals surface area contributed by atoms with Gasteiger partial charge in [0.2, 0.25) is 0 Å². The van der Waals surface area contributed by atoms with Crippen molar-refractivity contribution < 1.29 is 28.0 Å². The highest BCUT2D eigenvalue weighted by Gasteiger charge is 2.31. The lowest BCUT2D eigenvalue weighted by Gasteiger charge is -2.21. The van der Waals surface area contributed by atoms with Crippen LogP contribution in [0.25, 0.3) is 33.2 Å². The molecule has 10 nitrogen and oxygen atoms in total. The highest BCUT2D eigenvalue weighted by Crippen LogP contribution is 2.37. The van der Waals surface area contributed by atoms with Gasteiger partial charge < -0.3 is 26.1 Å². The van der Waals surface area contributed by atoms with Crippen LogP contribution in [-0.4, -0.2) is 50.8 Å². The summed E-state index contributed by atoms with van der Waals surface area (Å²) in [5, 5.41) is 11.1. The van der Waals surface area contributed by atoms with Crippen LogP contribution >= 0.6 is 0 Å². The van der Waals surface area contributed by atoms with Crippen LogP contribution in [0.4, 0.5) is 24.7 Å². The molecule has 3 aromatic heterocycles. The topological polar surface area (TPSA) is 140 Å². The fraction of sp³-hybridized carbons (Fsp3) is 0.259. The number of nitrogen functional groups attached to an aromatic ring is 1. The Morgan fingerprint density at radius 2 is 1.95 bits per heavy atom. The van der Waals surface area contributed by atoms with Crippen LogP contribution in [0.5, 0.6) is 5.75 Å². The summed E-state index contributed by atoms with van der Waals surface area (Å²) in [5.74, 6) is 0.154. The molecule has 0 saturated carbocycles. The maximum absolute atomic E-state index is 13.1. The highest BCUT2D eigenvalue weighted by atomic mass is 19.4. The Labute approximate surface area is 225 Å². The fourth-order valence-corrected chi connectivity index (χ4v) is 5.16. The molecule has 0 radical (unpaired) electrons. The van der Waals surface area contributed by atoms with Gasteiger partial charge in [0.1, 0.15) is 29.3 Å².